The lowest BCUT2D eigenvalue weighted by Gasteiger charge is -2.30. The Bertz CT molecular complexity index is 909. The first kappa shape index (κ1) is 19.2. The number of urea groups is 1. The van der Waals surface area contributed by atoms with Gasteiger partial charge in [-0.25, -0.2) is 9.69 Å². The third kappa shape index (κ3) is 3.62. The fourth-order valence-corrected chi connectivity index (χ4v) is 3.02. The second-order valence-corrected chi connectivity index (χ2v) is 6.11. The largest absolute Gasteiger partial charge is 0.497 e. The first-order valence-electron chi connectivity index (χ1n) is 8.52. The summed E-state index contributed by atoms with van der Waals surface area (Å²) in [7, 11) is 4.55. The van der Waals surface area contributed by atoms with E-state index in [9.17, 15) is 14.4 Å². The van der Waals surface area contributed by atoms with E-state index in [0.717, 1.165) is 4.90 Å². The van der Waals surface area contributed by atoms with Gasteiger partial charge in [0.25, 0.3) is 0 Å². The first-order valence-corrected chi connectivity index (χ1v) is 8.52. The predicted molar refractivity (Wildman–Crippen MR) is 101 cm³/mol. The number of carbonyl (C=O) groups is 3. The van der Waals surface area contributed by atoms with Crippen molar-refractivity contribution in [1.82, 2.24) is 5.32 Å². The van der Waals surface area contributed by atoms with E-state index in [-0.39, 0.29) is 6.42 Å². The molecule has 0 saturated carbocycles. The quantitative estimate of drug-likeness (QED) is 0.767. The Kier molecular flexibility index (Phi) is 5.49. The minimum absolute atomic E-state index is 0.116. The molecular formula is C20H20N2O6. The van der Waals surface area contributed by atoms with Crippen molar-refractivity contribution in [1.29, 1.82) is 0 Å². The molecule has 1 heterocycles. The summed E-state index contributed by atoms with van der Waals surface area (Å²) in [6.45, 7) is 0. The summed E-state index contributed by atoms with van der Waals surface area (Å²) in [5.41, 5.74) is 1.06. The van der Waals surface area contributed by atoms with Gasteiger partial charge in [-0.15, -0.1) is 0 Å². The Morgan fingerprint density at radius 1 is 0.893 bits per heavy atom. The summed E-state index contributed by atoms with van der Waals surface area (Å²) in [5.74, 6) is -0.639. The molecule has 3 rings (SSSR count). The highest BCUT2D eigenvalue weighted by Gasteiger charge is 2.41. The molecule has 1 fully saturated rings. The van der Waals surface area contributed by atoms with E-state index in [1.807, 2.05) is 0 Å². The van der Waals surface area contributed by atoms with Crippen LogP contribution in [0.15, 0.2) is 42.5 Å². The maximum atomic E-state index is 12.9. The molecule has 0 spiro atoms. The molecule has 1 atom stereocenters. The average Bonchev–Trinajstić information content (AvgIpc) is 2.71. The van der Waals surface area contributed by atoms with Gasteiger partial charge in [-0.2, -0.15) is 0 Å². The van der Waals surface area contributed by atoms with Crippen LogP contribution in [0.2, 0.25) is 0 Å². The average molecular weight is 384 g/mol. The van der Waals surface area contributed by atoms with Crippen LogP contribution in [0.4, 0.5) is 10.5 Å². The Morgan fingerprint density at radius 2 is 1.57 bits per heavy atom. The van der Waals surface area contributed by atoms with Crippen LogP contribution in [-0.4, -0.2) is 39.2 Å². The van der Waals surface area contributed by atoms with Crippen LogP contribution in [-0.2, 0) is 16.0 Å². The fourth-order valence-electron chi connectivity index (χ4n) is 3.02. The predicted octanol–water partition coefficient (Wildman–Crippen LogP) is 2.15. The summed E-state index contributed by atoms with van der Waals surface area (Å²) in [6.07, 6.45) is 0.116. The number of benzene rings is 2. The molecule has 4 amide bonds. The Balaban J connectivity index is 1.87. The van der Waals surface area contributed by atoms with E-state index in [1.54, 1.807) is 42.5 Å². The lowest BCUT2D eigenvalue weighted by Crippen LogP contribution is -2.58. The van der Waals surface area contributed by atoms with E-state index >= 15 is 0 Å². The molecule has 0 radical (unpaired) electrons. The van der Waals surface area contributed by atoms with Crippen molar-refractivity contribution in [3.8, 4) is 17.2 Å². The molecule has 8 heteroatoms. The number of amides is 4. The van der Waals surface area contributed by atoms with Gasteiger partial charge in [-0.3, -0.25) is 14.9 Å². The summed E-state index contributed by atoms with van der Waals surface area (Å²) in [4.78, 5) is 38.5. The molecule has 0 aliphatic carbocycles. The van der Waals surface area contributed by atoms with Gasteiger partial charge < -0.3 is 14.2 Å². The Morgan fingerprint density at radius 3 is 2.18 bits per heavy atom. The summed E-state index contributed by atoms with van der Waals surface area (Å²) in [5, 5.41) is 2.25. The molecule has 2 aromatic rings. The van der Waals surface area contributed by atoms with Gasteiger partial charge in [-0.1, -0.05) is 6.07 Å². The normalized spacial score (nSPS) is 16.6. The standard InChI is InChI=1S/C20H20N2O6/c1-26-14-7-5-13(6-8-14)22-19(24)15(18(23)21-20(22)25)10-12-4-9-16(27-2)17(11-12)28-3/h4-9,11,15H,10H2,1-3H3,(H,21,23,25)/t15-/m0/s1. The SMILES string of the molecule is COc1ccc(N2C(=O)NC(=O)[C@H](Cc3ccc(OC)c(OC)c3)C2=O)cc1. The van der Waals surface area contributed by atoms with Gasteiger partial charge >= 0.3 is 6.03 Å². The third-order valence-corrected chi connectivity index (χ3v) is 4.49. The van der Waals surface area contributed by atoms with Crippen molar-refractivity contribution in [2.75, 3.05) is 26.2 Å². The molecule has 0 bridgehead atoms. The number of carbonyl (C=O) groups excluding carboxylic acids is 3. The Hall–Kier alpha value is -3.55. The molecule has 146 valence electrons. The second-order valence-electron chi connectivity index (χ2n) is 6.11. The number of nitrogens with zero attached hydrogens (tertiary/aromatic N) is 1. The van der Waals surface area contributed by atoms with E-state index in [2.05, 4.69) is 5.32 Å². The number of nitrogens with one attached hydrogen (secondary N) is 1. The lowest BCUT2D eigenvalue weighted by atomic mass is 9.95. The van der Waals surface area contributed by atoms with E-state index in [0.29, 0.717) is 28.5 Å². The zero-order valence-electron chi connectivity index (χ0n) is 15.7. The molecule has 1 aliphatic rings. The molecular weight excluding hydrogens is 364 g/mol. The van der Waals surface area contributed by atoms with Crippen LogP contribution < -0.4 is 24.4 Å². The van der Waals surface area contributed by atoms with Crippen molar-refractivity contribution in [2.45, 2.75) is 6.42 Å². The number of methoxy groups -OCH3 is 3. The Labute approximate surface area is 162 Å². The molecule has 0 unspecified atom stereocenters. The highest BCUT2D eigenvalue weighted by molar-refractivity contribution is 6.27. The minimum atomic E-state index is -1.04. The summed E-state index contributed by atoms with van der Waals surface area (Å²) < 4.78 is 15.5. The van der Waals surface area contributed by atoms with E-state index < -0.39 is 23.8 Å². The van der Waals surface area contributed by atoms with Crippen LogP contribution in [0.3, 0.4) is 0 Å². The van der Waals surface area contributed by atoms with E-state index in [1.165, 1.54) is 21.3 Å². The molecule has 1 saturated heterocycles. The van der Waals surface area contributed by atoms with Gasteiger partial charge in [0.2, 0.25) is 11.8 Å². The fraction of sp³-hybridized carbons (Fsp3) is 0.250. The van der Waals surface area contributed by atoms with Crippen molar-refractivity contribution in [3.05, 3.63) is 48.0 Å². The zero-order valence-corrected chi connectivity index (χ0v) is 15.7. The summed E-state index contributed by atoms with van der Waals surface area (Å²) >= 11 is 0. The number of imide groups is 2. The topological polar surface area (TPSA) is 94.2 Å². The van der Waals surface area contributed by atoms with Gasteiger partial charge in [0, 0.05) is 0 Å². The van der Waals surface area contributed by atoms with E-state index in [4.69, 9.17) is 14.2 Å². The second kappa shape index (κ2) is 7.99. The minimum Gasteiger partial charge on any atom is -0.497 e. The maximum Gasteiger partial charge on any atom is 0.335 e. The number of anilines is 1. The van der Waals surface area contributed by atoms with Crippen molar-refractivity contribution in [3.63, 3.8) is 0 Å². The highest BCUT2D eigenvalue weighted by Crippen LogP contribution is 2.30. The molecule has 1 aliphatic heterocycles. The van der Waals surface area contributed by atoms with Gasteiger partial charge in [0.1, 0.15) is 11.7 Å². The van der Waals surface area contributed by atoms with Crippen LogP contribution in [0, 0.1) is 5.92 Å². The summed E-state index contributed by atoms with van der Waals surface area (Å²) in [6, 6.07) is 10.8. The zero-order chi connectivity index (χ0) is 20.3. The molecule has 0 aromatic heterocycles. The number of rotatable bonds is 6. The lowest BCUT2D eigenvalue weighted by molar-refractivity contribution is -0.134. The number of hydrogen-bond acceptors (Lipinski definition) is 6. The first-order chi connectivity index (χ1) is 13.5. The van der Waals surface area contributed by atoms with Crippen LogP contribution >= 0.6 is 0 Å². The van der Waals surface area contributed by atoms with Crippen LogP contribution in [0.25, 0.3) is 0 Å². The number of ether oxygens (including phenoxy) is 3. The van der Waals surface area contributed by atoms with Gasteiger partial charge in [0.05, 0.1) is 27.0 Å². The van der Waals surface area contributed by atoms with Crippen LogP contribution in [0.5, 0.6) is 17.2 Å². The number of barbiturate groups is 1. The molecule has 1 N–H and O–H groups in total. The van der Waals surface area contributed by atoms with Gasteiger partial charge in [-0.05, 0) is 48.4 Å². The molecule has 28 heavy (non-hydrogen) atoms. The van der Waals surface area contributed by atoms with Crippen molar-refractivity contribution >= 4 is 23.5 Å². The third-order valence-electron chi connectivity index (χ3n) is 4.49. The van der Waals surface area contributed by atoms with Gasteiger partial charge in [0.15, 0.2) is 11.5 Å². The van der Waals surface area contributed by atoms with Crippen LogP contribution in [0.1, 0.15) is 5.56 Å². The van der Waals surface area contributed by atoms with Crippen molar-refractivity contribution in [2.24, 2.45) is 5.92 Å². The molecule has 2 aromatic carbocycles. The smallest absolute Gasteiger partial charge is 0.335 e. The van der Waals surface area contributed by atoms with Crippen molar-refractivity contribution < 1.29 is 28.6 Å². The number of hydrogen-bond donors (Lipinski definition) is 1. The highest BCUT2D eigenvalue weighted by atomic mass is 16.5. The monoisotopic (exact) mass is 384 g/mol. The maximum absolute atomic E-state index is 12.9. The molecule has 8 nitrogen and oxygen atoms in total.